The number of carboxylic acids is 1. The number of carboxylic acid groups (broad SMARTS) is 1. The topological polar surface area (TPSA) is 214 Å². The largest absolute Gasteiger partial charge is 0.480 e. The Kier molecular flexibility index (Phi) is 10.4. The summed E-state index contributed by atoms with van der Waals surface area (Å²) in [6.45, 7) is 2.58. The van der Waals surface area contributed by atoms with Gasteiger partial charge in [-0.3, -0.25) is 19.2 Å². The Hall–Kier alpha value is -2.38. The van der Waals surface area contributed by atoms with Gasteiger partial charge in [0.25, 0.3) is 0 Å². The molecule has 0 aliphatic carbocycles. The zero-order chi connectivity index (χ0) is 21.3. The number of aliphatic hydroxyl groups excluding tert-OH is 1. The SMILES string of the molecule is CC(NC(=O)C(CS)NC(=O)C(N)C(C)O)C(=O)NC(CC(N)=O)C(=O)O. The standard InChI is InChI=1S/C14H25N5O7S/c1-5(11(22)18-7(14(25)26)3-9(15)21)17-12(23)8(4-27)19-13(24)10(16)6(2)20/h5-8,10,20,27H,3-4,16H2,1-2H3,(H2,15,21)(H,17,23)(H,18,22)(H,19,24)(H,25,26). The fraction of sp³-hybridized carbons (Fsp3) is 0.643. The van der Waals surface area contributed by atoms with Crippen molar-refractivity contribution in [1.29, 1.82) is 0 Å². The molecule has 0 fully saturated rings. The first-order valence-electron chi connectivity index (χ1n) is 7.87. The lowest BCUT2D eigenvalue weighted by Crippen LogP contribution is -2.58. The number of amides is 4. The Balaban J connectivity index is 4.84. The molecule has 0 rings (SSSR count). The molecule has 9 N–H and O–H groups in total. The first-order chi connectivity index (χ1) is 12.4. The molecule has 0 bridgehead atoms. The van der Waals surface area contributed by atoms with E-state index in [4.69, 9.17) is 16.6 Å². The molecule has 0 aromatic heterocycles. The van der Waals surface area contributed by atoms with Crippen molar-refractivity contribution in [2.75, 3.05) is 5.75 Å². The average molecular weight is 407 g/mol. The normalized spacial score (nSPS) is 16.2. The monoisotopic (exact) mass is 407 g/mol. The van der Waals surface area contributed by atoms with Gasteiger partial charge in [-0.25, -0.2) is 4.79 Å². The number of nitrogens with two attached hydrogens (primary N) is 2. The van der Waals surface area contributed by atoms with Crippen LogP contribution < -0.4 is 27.4 Å². The minimum Gasteiger partial charge on any atom is -0.480 e. The van der Waals surface area contributed by atoms with Crippen LogP contribution in [0.25, 0.3) is 0 Å². The molecule has 4 amide bonds. The van der Waals surface area contributed by atoms with Crippen LogP contribution in [0.3, 0.4) is 0 Å². The van der Waals surface area contributed by atoms with Crippen molar-refractivity contribution in [3.8, 4) is 0 Å². The number of aliphatic hydroxyl groups is 1. The Morgan fingerprint density at radius 2 is 1.48 bits per heavy atom. The highest BCUT2D eigenvalue weighted by Crippen LogP contribution is 1.97. The van der Waals surface area contributed by atoms with Gasteiger partial charge in [0, 0.05) is 5.75 Å². The summed E-state index contributed by atoms with van der Waals surface area (Å²) in [7, 11) is 0. The molecule has 27 heavy (non-hydrogen) atoms. The molecule has 13 heteroatoms. The van der Waals surface area contributed by atoms with Crippen molar-refractivity contribution in [2.45, 2.75) is 50.5 Å². The number of nitrogens with one attached hydrogen (secondary N) is 3. The first-order valence-corrected chi connectivity index (χ1v) is 8.50. The Labute approximate surface area is 160 Å². The first kappa shape index (κ1) is 24.6. The summed E-state index contributed by atoms with van der Waals surface area (Å²) in [6, 6.07) is -5.14. The zero-order valence-corrected chi connectivity index (χ0v) is 15.7. The van der Waals surface area contributed by atoms with E-state index in [2.05, 4.69) is 28.6 Å². The van der Waals surface area contributed by atoms with Gasteiger partial charge in [-0.15, -0.1) is 0 Å². The van der Waals surface area contributed by atoms with Crippen LogP contribution in [0.5, 0.6) is 0 Å². The van der Waals surface area contributed by atoms with Gasteiger partial charge in [0.2, 0.25) is 23.6 Å². The second-order valence-corrected chi connectivity index (χ2v) is 6.18. The number of thiol groups is 1. The third kappa shape index (κ3) is 8.70. The number of hydrogen-bond acceptors (Lipinski definition) is 8. The van der Waals surface area contributed by atoms with Crippen LogP contribution in [0.15, 0.2) is 0 Å². The molecular weight excluding hydrogens is 382 g/mol. The lowest BCUT2D eigenvalue weighted by Gasteiger charge is -2.23. The van der Waals surface area contributed by atoms with Gasteiger partial charge in [0.05, 0.1) is 12.5 Å². The molecule has 5 atom stereocenters. The van der Waals surface area contributed by atoms with Crippen molar-refractivity contribution in [2.24, 2.45) is 11.5 Å². The molecule has 0 heterocycles. The van der Waals surface area contributed by atoms with E-state index in [1.165, 1.54) is 13.8 Å². The fourth-order valence-electron chi connectivity index (χ4n) is 1.76. The predicted octanol–water partition coefficient (Wildman–Crippen LogP) is -3.94. The second kappa shape index (κ2) is 11.4. The van der Waals surface area contributed by atoms with E-state index in [0.29, 0.717) is 0 Å². The van der Waals surface area contributed by atoms with Gasteiger partial charge >= 0.3 is 5.97 Å². The van der Waals surface area contributed by atoms with Crippen molar-refractivity contribution >= 4 is 42.2 Å². The lowest BCUT2D eigenvalue weighted by atomic mass is 10.1. The second-order valence-electron chi connectivity index (χ2n) is 5.81. The van der Waals surface area contributed by atoms with E-state index in [1.807, 2.05) is 0 Å². The smallest absolute Gasteiger partial charge is 0.326 e. The summed E-state index contributed by atoms with van der Waals surface area (Å²) in [5.41, 5.74) is 10.4. The molecule has 0 aliphatic rings. The number of carbonyl (C=O) groups is 5. The van der Waals surface area contributed by atoms with E-state index in [-0.39, 0.29) is 5.75 Å². The summed E-state index contributed by atoms with van der Waals surface area (Å²) in [6.07, 6.45) is -1.76. The highest BCUT2D eigenvalue weighted by molar-refractivity contribution is 7.80. The number of primary amides is 1. The van der Waals surface area contributed by atoms with E-state index < -0.39 is 66.3 Å². The fourth-order valence-corrected chi connectivity index (χ4v) is 2.02. The molecule has 0 radical (unpaired) electrons. The molecule has 0 aromatic rings. The third-order valence-electron chi connectivity index (χ3n) is 3.41. The predicted molar refractivity (Wildman–Crippen MR) is 96.4 cm³/mol. The van der Waals surface area contributed by atoms with Crippen LogP contribution in [-0.4, -0.2) is 75.8 Å². The Morgan fingerprint density at radius 3 is 1.89 bits per heavy atom. The summed E-state index contributed by atoms with van der Waals surface area (Å²) in [5, 5.41) is 24.9. The van der Waals surface area contributed by atoms with Gasteiger partial charge in [-0.2, -0.15) is 12.6 Å². The summed E-state index contributed by atoms with van der Waals surface area (Å²) in [4.78, 5) is 57.8. The van der Waals surface area contributed by atoms with Crippen molar-refractivity contribution < 1.29 is 34.2 Å². The zero-order valence-electron chi connectivity index (χ0n) is 14.8. The van der Waals surface area contributed by atoms with E-state index in [1.54, 1.807) is 0 Å². The highest BCUT2D eigenvalue weighted by Gasteiger charge is 2.29. The molecule has 0 saturated heterocycles. The number of rotatable bonds is 11. The van der Waals surface area contributed by atoms with E-state index >= 15 is 0 Å². The van der Waals surface area contributed by atoms with Crippen LogP contribution in [0, 0.1) is 0 Å². The number of carbonyl (C=O) groups excluding carboxylic acids is 4. The van der Waals surface area contributed by atoms with Crippen molar-refractivity contribution in [3.05, 3.63) is 0 Å². The minimum absolute atomic E-state index is 0.127. The lowest BCUT2D eigenvalue weighted by molar-refractivity contribution is -0.143. The molecule has 0 saturated carbocycles. The highest BCUT2D eigenvalue weighted by atomic mass is 32.1. The molecule has 12 nitrogen and oxygen atoms in total. The molecule has 154 valence electrons. The average Bonchev–Trinajstić information content (AvgIpc) is 2.56. The quantitative estimate of drug-likeness (QED) is 0.158. The molecule has 0 aliphatic heterocycles. The molecule has 5 unspecified atom stereocenters. The van der Waals surface area contributed by atoms with Gasteiger partial charge in [-0.05, 0) is 13.8 Å². The van der Waals surface area contributed by atoms with Crippen LogP contribution in [0.4, 0.5) is 0 Å². The maximum Gasteiger partial charge on any atom is 0.326 e. The Morgan fingerprint density at radius 1 is 0.963 bits per heavy atom. The Bertz CT molecular complexity index is 586. The van der Waals surface area contributed by atoms with Crippen LogP contribution in [0.2, 0.25) is 0 Å². The van der Waals surface area contributed by atoms with Crippen molar-refractivity contribution in [1.82, 2.24) is 16.0 Å². The number of aliphatic carboxylic acids is 1. The van der Waals surface area contributed by atoms with E-state index in [0.717, 1.165) is 0 Å². The van der Waals surface area contributed by atoms with Crippen molar-refractivity contribution in [3.63, 3.8) is 0 Å². The number of hydrogen-bond donors (Lipinski definition) is 8. The maximum atomic E-state index is 12.2. The van der Waals surface area contributed by atoms with Crippen LogP contribution in [-0.2, 0) is 24.0 Å². The summed E-state index contributed by atoms with van der Waals surface area (Å²) < 4.78 is 0. The summed E-state index contributed by atoms with van der Waals surface area (Å²) in [5.74, 6) is -4.95. The van der Waals surface area contributed by atoms with E-state index in [9.17, 15) is 29.1 Å². The third-order valence-corrected chi connectivity index (χ3v) is 3.78. The molecular formula is C14H25N5O7S. The van der Waals surface area contributed by atoms with Gasteiger partial charge in [-0.1, -0.05) is 0 Å². The van der Waals surface area contributed by atoms with Gasteiger partial charge < -0.3 is 37.6 Å². The maximum absolute atomic E-state index is 12.2. The van der Waals surface area contributed by atoms with Crippen LogP contribution >= 0.6 is 12.6 Å². The molecule has 0 spiro atoms. The van der Waals surface area contributed by atoms with Crippen LogP contribution in [0.1, 0.15) is 20.3 Å². The van der Waals surface area contributed by atoms with Gasteiger partial charge in [0.15, 0.2) is 0 Å². The minimum atomic E-state index is -1.54. The summed E-state index contributed by atoms with van der Waals surface area (Å²) >= 11 is 3.94. The van der Waals surface area contributed by atoms with Gasteiger partial charge in [0.1, 0.15) is 24.2 Å². The molecule has 0 aromatic carbocycles.